The lowest BCUT2D eigenvalue weighted by atomic mass is 9.98. The fraction of sp³-hybridized carbons (Fsp3) is 0. The number of pyridine rings is 1. The van der Waals surface area contributed by atoms with E-state index in [2.05, 4.69) is 144 Å². The van der Waals surface area contributed by atoms with Crippen LogP contribution < -0.4 is 0 Å². The Hall–Kier alpha value is -5.80. The van der Waals surface area contributed by atoms with Crippen molar-refractivity contribution in [3.63, 3.8) is 0 Å². The molecule has 6 aromatic carbocycles. The number of aromatic nitrogens is 3. The summed E-state index contributed by atoms with van der Waals surface area (Å²) in [5, 5.41) is 6.00. The van der Waals surface area contributed by atoms with Crippen LogP contribution in [0.15, 0.2) is 152 Å². The molecule has 0 fully saturated rings. The molecule has 3 heteroatoms. The number of benzene rings is 6. The van der Waals surface area contributed by atoms with Crippen molar-refractivity contribution in [2.45, 2.75) is 0 Å². The summed E-state index contributed by atoms with van der Waals surface area (Å²) in [6.45, 7) is 0. The van der Waals surface area contributed by atoms with Crippen LogP contribution in [0.3, 0.4) is 0 Å². The number of hydrogen-bond donors (Lipinski definition) is 0. The molecular weight excluding hydrogens is 522 g/mol. The van der Waals surface area contributed by atoms with Crippen molar-refractivity contribution in [3.05, 3.63) is 152 Å². The average Bonchev–Trinajstić information content (AvgIpc) is 3.44. The molecule has 0 radical (unpaired) electrons. The first-order valence-corrected chi connectivity index (χ1v) is 14.6. The molecule has 0 aliphatic rings. The Morgan fingerprint density at radius 2 is 1.02 bits per heavy atom. The second-order valence-electron chi connectivity index (χ2n) is 11.0. The van der Waals surface area contributed by atoms with E-state index in [-0.39, 0.29) is 0 Å². The van der Waals surface area contributed by atoms with Crippen molar-refractivity contribution in [1.29, 1.82) is 0 Å². The SMILES string of the molecule is c1ccc(-c2nc(-c3ccc4c(-c5ccccc5)c5c6ccccc6c6ccccc6n5c4c3)nc3ccccc23)cc1. The Balaban J connectivity index is 1.42. The first-order valence-electron chi connectivity index (χ1n) is 14.6. The smallest absolute Gasteiger partial charge is 0.160 e. The predicted molar refractivity (Wildman–Crippen MR) is 179 cm³/mol. The average molecular weight is 548 g/mol. The van der Waals surface area contributed by atoms with Crippen LogP contribution in [0.4, 0.5) is 0 Å². The zero-order chi connectivity index (χ0) is 28.3. The third-order valence-corrected chi connectivity index (χ3v) is 8.56. The lowest BCUT2D eigenvalue weighted by Gasteiger charge is -2.11. The molecule has 0 saturated heterocycles. The van der Waals surface area contributed by atoms with E-state index >= 15 is 0 Å². The highest BCUT2D eigenvalue weighted by Crippen LogP contribution is 2.43. The van der Waals surface area contributed by atoms with Crippen LogP contribution in [0.2, 0.25) is 0 Å². The number of nitrogens with zero attached hydrogens (tertiary/aromatic N) is 3. The first kappa shape index (κ1) is 23.9. The minimum Gasteiger partial charge on any atom is -0.308 e. The second-order valence-corrected chi connectivity index (χ2v) is 11.0. The Labute approximate surface area is 248 Å². The van der Waals surface area contributed by atoms with Crippen LogP contribution in [-0.4, -0.2) is 14.4 Å². The van der Waals surface area contributed by atoms with E-state index in [9.17, 15) is 0 Å². The number of fused-ring (bicyclic) bond motifs is 9. The fourth-order valence-corrected chi connectivity index (χ4v) is 6.67. The molecule has 0 amide bonds. The lowest BCUT2D eigenvalue weighted by Crippen LogP contribution is -1.95. The van der Waals surface area contributed by atoms with Crippen LogP contribution in [-0.2, 0) is 0 Å². The van der Waals surface area contributed by atoms with Gasteiger partial charge in [0.1, 0.15) is 0 Å². The summed E-state index contributed by atoms with van der Waals surface area (Å²) in [5.41, 5.74) is 9.96. The second kappa shape index (κ2) is 9.37. The van der Waals surface area contributed by atoms with Crippen molar-refractivity contribution in [2.75, 3.05) is 0 Å². The molecule has 0 unspecified atom stereocenters. The molecule has 0 spiro atoms. The Morgan fingerprint density at radius 3 is 1.81 bits per heavy atom. The fourth-order valence-electron chi connectivity index (χ4n) is 6.67. The van der Waals surface area contributed by atoms with Gasteiger partial charge in [-0.1, -0.05) is 133 Å². The van der Waals surface area contributed by atoms with Gasteiger partial charge < -0.3 is 4.40 Å². The molecule has 0 bridgehead atoms. The summed E-state index contributed by atoms with van der Waals surface area (Å²) in [5.74, 6) is 0.723. The summed E-state index contributed by atoms with van der Waals surface area (Å²) in [7, 11) is 0. The van der Waals surface area contributed by atoms with Gasteiger partial charge in [-0.05, 0) is 29.1 Å². The van der Waals surface area contributed by atoms with E-state index in [1.165, 1.54) is 43.7 Å². The molecular formula is C40H25N3. The van der Waals surface area contributed by atoms with Gasteiger partial charge >= 0.3 is 0 Å². The van der Waals surface area contributed by atoms with Gasteiger partial charge in [0.25, 0.3) is 0 Å². The highest BCUT2D eigenvalue weighted by molar-refractivity contribution is 6.22. The van der Waals surface area contributed by atoms with Crippen molar-refractivity contribution >= 4 is 49.0 Å². The van der Waals surface area contributed by atoms with E-state index in [0.29, 0.717) is 0 Å². The molecule has 9 aromatic rings. The molecule has 0 N–H and O–H groups in total. The van der Waals surface area contributed by atoms with Crippen molar-refractivity contribution in [2.24, 2.45) is 0 Å². The van der Waals surface area contributed by atoms with Crippen LogP contribution in [0.5, 0.6) is 0 Å². The third kappa shape index (κ3) is 3.62. The van der Waals surface area contributed by atoms with Crippen LogP contribution in [0.1, 0.15) is 0 Å². The van der Waals surface area contributed by atoms with Crippen LogP contribution >= 0.6 is 0 Å². The highest BCUT2D eigenvalue weighted by atomic mass is 14.9. The number of hydrogen-bond acceptors (Lipinski definition) is 2. The van der Waals surface area contributed by atoms with Gasteiger partial charge in [0.15, 0.2) is 5.82 Å². The largest absolute Gasteiger partial charge is 0.308 e. The van der Waals surface area contributed by atoms with Gasteiger partial charge in [-0.2, -0.15) is 0 Å². The van der Waals surface area contributed by atoms with Gasteiger partial charge in [-0.25, -0.2) is 9.97 Å². The highest BCUT2D eigenvalue weighted by Gasteiger charge is 2.20. The minimum atomic E-state index is 0.723. The quantitative estimate of drug-likeness (QED) is 0.206. The molecule has 9 rings (SSSR count). The van der Waals surface area contributed by atoms with E-state index in [1.54, 1.807) is 0 Å². The molecule has 0 aliphatic carbocycles. The first-order chi connectivity index (χ1) is 21.3. The maximum absolute atomic E-state index is 5.19. The molecule has 0 saturated carbocycles. The zero-order valence-electron chi connectivity index (χ0n) is 23.3. The molecule has 3 heterocycles. The molecule has 3 aromatic heterocycles. The van der Waals surface area contributed by atoms with Crippen LogP contribution in [0, 0.1) is 0 Å². The van der Waals surface area contributed by atoms with Gasteiger partial charge in [-0.15, -0.1) is 0 Å². The van der Waals surface area contributed by atoms with E-state index < -0.39 is 0 Å². The molecule has 3 nitrogen and oxygen atoms in total. The topological polar surface area (TPSA) is 30.2 Å². The zero-order valence-corrected chi connectivity index (χ0v) is 23.3. The van der Waals surface area contributed by atoms with Gasteiger partial charge in [-0.3, -0.25) is 0 Å². The van der Waals surface area contributed by atoms with Gasteiger partial charge in [0.2, 0.25) is 0 Å². The maximum Gasteiger partial charge on any atom is 0.160 e. The normalized spacial score (nSPS) is 11.7. The Kier molecular flexibility index (Phi) is 5.20. The van der Waals surface area contributed by atoms with E-state index in [1.807, 2.05) is 12.1 Å². The maximum atomic E-state index is 5.19. The van der Waals surface area contributed by atoms with Crippen molar-refractivity contribution in [3.8, 4) is 33.8 Å². The monoisotopic (exact) mass is 547 g/mol. The van der Waals surface area contributed by atoms with Crippen LogP contribution in [0.25, 0.3) is 82.8 Å². The van der Waals surface area contributed by atoms with Crippen molar-refractivity contribution in [1.82, 2.24) is 14.4 Å². The molecule has 0 atom stereocenters. The number of rotatable bonds is 3. The van der Waals surface area contributed by atoms with Crippen molar-refractivity contribution < 1.29 is 0 Å². The summed E-state index contributed by atoms with van der Waals surface area (Å²) in [4.78, 5) is 10.3. The Morgan fingerprint density at radius 1 is 0.395 bits per heavy atom. The predicted octanol–water partition coefficient (Wildman–Crippen LogP) is 10.3. The molecule has 0 aliphatic heterocycles. The summed E-state index contributed by atoms with van der Waals surface area (Å²) in [6.07, 6.45) is 0. The third-order valence-electron chi connectivity index (χ3n) is 8.56. The molecule has 43 heavy (non-hydrogen) atoms. The Bertz CT molecular complexity index is 2490. The summed E-state index contributed by atoms with van der Waals surface area (Å²) in [6, 6.07) is 53.6. The van der Waals surface area contributed by atoms with E-state index in [4.69, 9.17) is 9.97 Å². The minimum absolute atomic E-state index is 0.723. The van der Waals surface area contributed by atoms with Gasteiger partial charge in [0, 0.05) is 38.2 Å². The summed E-state index contributed by atoms with van der Waals surface area (Å²) >= 11 is 0. The molecule has 200 valence electrons. The lowest BCUT2D eigenvalue weighted by molar-refractivity contribution is 1.23. The summed E-state index contributed by atoms with van der Waals surface area (Å²) < 4.78 is 2.44. The standard InChI is InChI=1S/C40H25N3/c1-3-13-26(14-4-1)37-33-24-23-28(40-41-34-21-11-9-20-32(34)38(42-40)27-15-5-2-6-16-27)25-36(33)43-35-22-12-10-18-30(35)29-17-7-8-19-31(29)39(37)43/h1-25H. The number of para-hydroxylation sites is 2. The van der Waals surface area contributed by atoms with Gasteiger partial charge in [0.05, 0.1) is 27.8 Å². The van der Waals surface area contributed by atoms with E-state index in [0.717, 1.165) is 39.1 Å².